The van der Waals surface area contributed by atoms with E-state index < -0.39 is 0 Å². The number of benzene rings is 1. The smallest absolute Gasteiger partial charge is 0.148 e. The van der Waals surface area contributed by atoms with Crippen LogP contribution in [0.5, 0.6) is 5.75 Å². The molecular weight excluding hydrogens is 224 g/mol. The molecule has 0 aliphatic heterocycles. The Hall–Kier alpha value is -2.01. The van der Waals surface area contributed by atoms with Crippen LogP contribution in [-0.2, 0) is 11.2 Å². The van der Waals surface area contributed by atoms with Crippen LogP contribution in [0.15, 0.2) is 30.4 Å². The lowest BCUT2D eigenvalue weighted by Gasteiger charge is -2.26. The Morgan fingerprint density at radius 3 is 3.00 bits per heavy atom. The standard InChI is InChI=1S/C16H16O2/c1-4-9-18-14-7-8-15-13(10-14)6-5-11(2)16(15)12(3)17/h1,7-8,10,16H,2,5-6,9H2,3H3. The maximum atomic E-state index is 11.7. The number of carbonyl (C=O) groups excluding carboxylic acids is 1. The molecule has 1 unspecified atom stereocenters. The van der Waals surface area contributed by atoms with Crippen LogP contribution in [0.3, 0.4) is 0 Å². The molecule has 1 aromatic rings. The quantitative estimate of drug-likeness (QED) is 0.600. The minimum Gasteiger partial charge on any atom is -0.481 e. The van der Waals surface area contributed by atoms with E-state index >= 15 is 0 Å². The lowest BCUT2D eigenvalue weighted by Crippen LogP contribution is -2.18. The summed E-state index contributed by atoms with van der Waals surface area (Å²) < 4.78 is 5.40. The fourth-order valence-electron chi connectivity index (χ4n) is 2.46. The summed E-state index contributed by atoms with van der Waals surface area (Å²) in [4.78, 5) is 11.7. The predicted molar refractivity (Wildman–Crippen MR) is 71.7 cm³/mol. The van der Waals surface area contributed by atoms with E-state index in [1.807, 2.05) is 18.2 Å². The third kappa shape index (κ3) is 2.31. The van der Waals surface area contributed by atoms with Gasteiger partial charge in [0.05, 0.1) is 5.92 Å². The van der Waals surface area contributed by atoms with Crippen molar-refractivity contribution in [2.75, 3.05) is 6.61 Å². The molecule has 0 heterocycles. The maximum absolute atomic E-state index is 11.7. The van der Waals surface area contributed by atoms with E-state index in [-0.39, 0.29) is 18.3 Å². The monoisotopic (exact) mass is 240 g/mol. The molecule has 0 N–H and O–H groups in total. The second kappa shape index (κ2) is 5.10. The van der Waals surface area contributed by atoms with Gasteiger partial charge < -0.3 is 4.74 Å². The number of hydrogen-bond acceptors (Lipinski definition) is 2. The molecule has 0 spiro atoms. The van der Waals surface area contributed by atoms with Gasteiger partial charge in [0, 0.05) is 0 Å². The first kappa shape index (κ1) is 12.4. The van der Waals surface area contributed by atoms with Gasteiger partial charge in [0.1, 0.15) is 18.1 Å². The van der Waals surface area contributed by atoms with Crippen molar-refractivity contribution in [3.63, 3.8) is 0 Å². The van der Waals surface area contributed by atoms with Crippen LogP contribution in [0.1, 0.15) is 30.4 Å². The molecule has 0 saturated carbocycles. The highest BCUT2D eigenvalue weighted by molar-refractivity contribution is 5.87. The normalized spacial score (nSPS) is 17.8. The van der Waals surface area contributed by atoms with Crippen LogP contribution < -0.4 is 4.74 Å². The van der Waals surface area contributed by atoms with Crippen LogP contribution in [0.2, 0.25) is 0 Å². The molecule has 0 amide bonds. The first-order valence-electron chi connectivity index (χ1n) is 6.00. The molecule has 1 aliphatic carbocycles. The lowest BCUT2D eigenvalue weighted by atomic mass is 9.78. The molecule has 1 aromatic carbocycles. The summed E-state index contributed by atoms with van der Waals surface area (Å²) in [5, 5.41) is 0. The minimum absolute atomic E-state index is 0.151. The minimum atomic E-state index is -0.157. The number of allylic oxidation sites excluding steroid dienone is 1. The van der Waals surface area contributed by atoms with Crippen molar-refractivity contribution in [2.45, 2.75) is 25.7 Å². The predicted octanol–water partition coefficient (Wildman–Crippen LogP) is 2.87. The molecule has 2 heteroatoms. The molecule has 92 valence electrons. The number of rotatable bonds is 3. The number of Topliss-reactive ketones (excluding diaryl/α,β-unsaturated/α-hetero) is 1. The Morgan fingerprint density at radius 2 is 2.33 bits per heavy atom. The van der Waals surface area contributed by atoms with E-state index in [0.29, 0.717) is 0 Å². The van der Waals surface area contributed by atoms with Gasteiger partial charge in [-0.25, -0.2) is 0 Å². The molecule has 0 fully saturated rings. The second-order valence-corrected chi connectivity index (χ2v) is 4.56. The summed E-state index contributed by atoms with van der Waals surface area (Å²) in [6, 6.07) is 5.80. The number of terminal acetylenes is 1. The number of aryl methyl sites for hydroxylation is 1. The van der Waals surface area contributed by atoms with E-state index in [1.165, 1.54) is 0 Å². The van der Waals surface area contributed by atoms with Crippen LogP contribution >= 0.6 is 0 Å². The van der Waals surface area contributed by atoms with E-state index in [1.54, 1.807) is 6.92 Å². The molecule has 0 saturated heterocycles. The summed E-state index contributed by atoms with van der Waals surface area (Å²) in [5.41, 5.74) is 3.23. The van der Waals surface area contributed by atoms with Crippen LogP contribution in [0.25, 0.3) is 0 Å². The third-order valence-corrected chi connectivity index (χ3v) is 3.28. The number of ether oxygens (including phenoxy) is 1. The Bertz CT molecular complexity index is 535. The largest absolute Gasteiger partial charge is 0.481 e. The van der Waals surface area contributed by atoms with Gasteiger partial charge in [-0.2, -0.15) is 0 Å². The Kier molecular flexibility index (Phi) is 3.53. The topological polar surface area (TPSA) is 26.3 Å². The van der Waals surface area contributed by atoms with Crippen molar-refractivity contribution in [3.8, 4) is 18.1 Å². The fraction of sp³-hybridized carbons (Fsp3) is 0.312. The van der Waals surface area contributed by atoms with Gasteiger partial charge in [-0.1, -0.05) is 24.1 Å². The zero-order valence-electron chi connectivity index (χ0n) is 10.5. The average molecular weight is 240 g/mol. The zero-order valence-corrected chi connectivity index (χ0v) is 10.5. The molecule has 2 rings (SSSR count). The summed E-state index contributed by atoms with van der Waals surface area (Å²) in [6.07, 6.45) is 6.93. The summed E-state index contributed by atoms with van der Waals surface area (Å²) >= 11 is 0. The molecule has 1 aliphatic rings. The zero-order chi connectivity index (χ0) is 13.1. The SMILES string of the molecule is C#CCOc1ccc2c(c1)CCC(=C)C2C(C)=O. The Labute approximate surface area is 108 Å². The number of carbonyl (C=O) groups is 1. The summed E-state index contributed by atoms with van der Waals surface area (Å²) in [5.74, 6) is 3.20. The fourth-order valence-corrected chi connectivity index (χ4v) is 2.46. The number of ketones is 1. The van der Waals surface area contributed by atoms with Crippen molar-refractivity contribution in [3.05, 3.63) is 41.5 Å². The first-order chi connectivity index (χ1) is 8.63. The van der Waals surface area contributed by atoms with Crippen molar-refractivity contribution in [1.82, 2.24) is 0 Å². The molecule has 0 aromatic heterocycles. The van der Waals surface area contributed by atoms with Crippen LogP contribution in [-0.4, -0.2) is 12.4 Å². The number of hydrogen-bond donors (Lipinski definition) is 0. The van der Waals surface area contributed by atoms with Gasteiger partial charge in [-0.05, 0) is 43.0 Å². The second-order valence-electron chi connectivity index (χ2n) is 4.56. The van der Waals surface area contributed by atoms with Gasteiger partial charge in [0.15, 0.2) is 0 Å². The van der Waals surface area contributed by atoms with Crippen molar-refractivity contribution in [2.24, 2.45) is 0 Å². The van der Waals surface area contributed by atoms with Gasteiger partial charge in [0.25, 0.3) is 0 Å². The number of fused-ring (bicyclic) bond motifs is 1. The van der Waals surface area contributed by atoms with E-state index in [2.05, 4.69) is 12.5 Å². The Balaban J connectivity index is 2.34. The lowest BCUT2D eigenvalue weighted by molar-refractivity contribution is -0.117. The van der Waals surface area contributed by atoms with Gasteiger partial charge in [-0.15, -0.1) is 6.42 Å². The van der Waals surface area contributed by atoms with E-state index in [9.17, 15) is 4.79 Å². The van der Waals surface area contributed by atoms with E-state index in [0.717, 1.165) is 35.3 Å². The molecular formula is C16H16O2. The molecule has 0 radical (unpaired) electrons. The van der Waals surface area contributed by atoms with Crippen LogP contribution in [0, 0.1) is 12.3 Å². The van der Waals surface area contributed by atoms with Crippen molar-refractivity contribution in [1.29, 1.82) is 0 Å². The first-order valence-corrected chi connectivity index (χ1v) is 6.00. The molecule has 1 atom stereocenters. The van der Waals surface area contributed by atoms with E-state index in [4.69, 9.17) is 11.2 Å². The van der Waals surface area contributed by atoms with Crippen molar-refractivity contribution >= 4 is 5.78 Å². The highest BCUT2D eigenvalue weighted by atomic mass is 16.5. The van der Waals surface area contributed by atoms with Crippen molar-refractivity contribution < 1.29 is 9.53 Å². The summed E-state index contributed by atoms with van der Waals surface area (Å²) in [6.45, 7) is 5.89. The van der Waals surface area contributed by atoms with Gasteiger partial charge >= 0.3 is 0 Å². The Morgan fingerprint density at radius 1 is 1.56 bits per heavy atom. The maximum Gasteiger partial charge on any atom is 0.148 e. The van der Waals surface area contributed by atoms with Gasteiger partial charge in [0.2, 0.25) is 0 Å². The molecule has 0 bridgehead atoms. The average Bonchev–Trinajstić information content (AvgIpc) is 2.35. The van der Waals surface area contributed by atoms with Gasteiger partial charge in [-0.3, -0.25) is 4.79 Å². The highest BCUT2D eigenvalue weighted by Gasteiger charge is 2.26. The summed E-state index contributed by atoms with van der Waals surface area (Å²) in [7, 11) is 0. The third-order valence-electron chi connectivity index (χ3n) is 3.28. The highest BCUT2D eigenvalue weighted by Crippen LogP contribution is 2.37. The molecule has 18 heavy (non-hydrogen) atoms. The molecule has 2 nitrogen and oxygen atoms in total. The van der Waals surface area contributed by atoms with Crippen LogP contribution in [0.4, 0.5) is 0 Å².